The van der Waals surface area contributed by atoms with Crippen LogP contribution in [0.1, 0.15) is 25.8 Å². The molecule has 112 valence electrons. The van der Waals surface area contributed by atoms with Crippen molar-refractivity contribution in [2.45, 2.75) is 25.8 Å². The van der Waals surface area contributed by atoms with E-state index in [1.807, 2.05) is 18.2 Å². The lowest BCUT2D eigenvalue weighted by molar-refractivity contribution is 0.117. The number of aliphatic hydroxyl groups excluding tert-OH is 1. The van der Waals surface area contributed by atoms with Crippen LogP contribution >= 0.6 is 0 Å². The lowest BCUT2D eigenvalue weighted by atomic mass is 9.89. The highest BCUT2D eigenvalue weighted by Crippen LogP contribution is 2.38. The van der Waals surface area contributed by atoms with Crippen LogP contribution in [0.3, 0.4) is 0 Å². The average Bonchev–Trinajstić information content (AvgIpc) is 3.14. The number of rotatable bonds is 8. The molecule has 3 unspecified atom stereocenters. The molecule has 20 heavy (non-hydrogen) atoms. The van der Waals surface area contributed by atoms with E-state index in [1.54, 1.807) is 0 Å². The first-order valence-corrected chi connectivity index (χ1v) is 7.71. The van der Waals surface area contributed by atoms with Crippen LogP contribution in [0.15, 0.2) is 30.3 Å². The fraction of sp³-hybridized carbons (Fsp3) is 0.647. The SMILES string of the molecule is CCNC(CO)(CN(C)CC1CC1C)c1ccccc1. The van der Waals surface area contributed by atoms with E-state index in [2.05, 4.69) is 43.2 Å². The molecular formula is C17H28N2O. The van der Waals surface area contributed by atoms with Crippen LogP contribution < -0.4 is 5.32 Å². The first-order valence-electron chi connectivity index (χ1n) is 7.71. The van der Waals surface area contributed by atoms with Crippen LogP contribution in [0.5, 0.6) is 0 Å². The van der Waals surface area contributed by atoms with E-state index in [-0.39, 0.29) is 12.1 Å². The topological polar surface area (TPSA) is 35.5 Å². The number of hydrogen-bond acceptors (Lipinski definition) is 3. The summed E-state index contributed by atoms with van der Waals surface area (Å²) < 4.78 is 0. The second-order valence-corrected chi connectivity index (χ2v) is 6.31. The van der Waals surface area contributed by atoms with Gasteiger partial charge in [0.1, 0.15) is 0 Å². The Morgan fingerprint density at radius 3 is 2.50 bits per heavy atom. The van der Waals surface area contributed by atoms with Gasteiger partial charge >= 0.3 is 0 Å². The van der Waals surface area contributed by atoms with Gasteiger partial charge in [-0.2, -0.15) is 0 Å². The minimum absolute atomic E-state index is 0.120. The largest absolute Gasteiger partial charge is 0.394 e. The first kappa shape index (κ1) is 15.5. The van der Waals surface area contributed by atoms with Gasteiger partial charge in [0.05, 0.1) is 12.1 Å². The molecule has 0 radical (unpaired) electrons. The maximum atomic E-state index is 10.0. The molecule has 0 amide bonds. The Labute approximate surface area is 123 Å². The van der Waals surface area contributed by atoms with Crippen molar-refractivity contribution in [2.24, 2.45) is 11.8 Å². The fourth-order valence-electron chi connectivity index (χ4n) is 3.12. The molecule has 0 heterocycles. The van der Waals surface area contributed by atoms with Crippen LogP contribution in [-0.2, 0) is 5.54 Å². The predicted octanol–water partition coefficient (Wildman–Crippen LogP) is 2.07. The zero-order valence-electron chi connectivity index (χ0n) is 13.0. The first-order chi connectivity index (χ1) is 9.61. The van der Waals surface area contributed by atoms with Crippen LogP contribution in [0.25, 0.3) is 0 Å². The van der Waals surface area contributed by atoms with Crippen molar-refractivity contribution in [1.82, 2.24) is 10.2 Å². The number of hydrogen-bond donors (Lipinski definition) is 2. The molecule has 1 aromatic carbocycles. The Kier molecular flexibility index (Phi) is 5.19. The Hall–Kier alpha value is -0.900. The molecule has 1 aliphatic carbocycles. The molecule has 0 aromatic heterocycles. The van der Waals surface area contributed by atoms with Crippen LogP contribution in [-0.4, -0.2) is 43.3 Å². The van der Waals surface area contributed by atoms with Gasteiger partial charge in [0.2, 0.25) is 0 Å². The van der Waals surface area contributed by atoms with Gasteiger partial charge in [-0.1, -0.05) is 44.2 Å². The molecule has 2 N–H and O–H groups in total. The highest BCUT2D eigenvalue weighted by atomic mass is 16.3. The molecule has 3 atom stereocenters. The van der Waals surface area contributed by atoms with Crippen molar-refractivity contribution in [3.8, 4) is 0 Å². The zero-order valence-corrected chi connectivity index (χ0v) is 13.0. The summed E-state index contributed by atoms with van der Waals surface area (Å²) in [5.74, 6) is 1.71. The highest BCUT2D eigenvalue weighted by Gasteiger charge is 2.36. The molecular weight excluding hydrogens is 248 g/mol. The zero-order chi connectivity index (χ0) is 14.6. The second kappa shape index (κ2) is 6.70. The van der Waals surface area contributed by atoms with E-state index in [0.29, 0.717) is 0 Å². The number of nitrogens with zero attached hydrogens (tertiary/aromatic N) is 1. The van der Waals surface area contributed by atoms with E-state index >= 15 is 0 Å². The summed E-state index contributed by atoms with van der Waals surface area (Å²) in [5.41, 5.74) is 0.808. The summed E-state index contributed by atoms with van der Waals surface area (Å²) in [6, 6.07) is 10.3. The Morgan fingerprint density at radius 2 is 2.00 bits per heavy atom. The number of aliphatic hydroxyl groups is 1. The maximum absolute atomic E-state index is 10.0. The van der Waals surface area contributed by atoms with Gasteiger partial charge in [0.15, 0.2) is 0 Å². The molecule has 3 nitrogen and oxygen atoms in total. The number of nitrogens with one attached hydrogen (secondary N) is 1. The molecule has 0 saturated heterocycles. The van der Waals surface area contributed by atoms with E-state index in [4.69, 9.17) is 0 Å². The molecule has 1 saturated carbocycles. The molecule has 1 aliphatic rings. The van der Waals surface area contributed by atoms with E-state index < -0.39 is 0 Å². The quantitative estimate of drug-likeness (QED) is 0.763. The van der Waals surface area contributed by atoms with E-state index in [1.165, 1.54) is 12.0 Å². The van der Waals surface area contributed by atoms with Gasteiger partial charge in [-0.25, -0.2) is 0 Å². The van der Waals surface area contributed by atoms with Crippen molar-refractivity contribution in [2.75, 3.05) is 33.3 Å². The van der Waals surface area contributed by atoms with Crippen molar-refractivity contribution >= 4 is 0 Å². The summed E-state index contributed by atoms with van der Waals surface area (Å²) >= 11 is 0. The van der Waals surface area contributed by atoms with E-state index in [9.17, 15) is 5.11 Å². The van der Waals surface area contributed by atoms with Crippen molar-refractivity contribution in [3.05, 3.63) is 35.9 Å². The minimum atomic E-state index is -0.358. The summed E-state index contributed by atoms with van der Waals surface area (Å²) in [6.07, 6.45) is 1.35. The smallest absolute Gasteiger partial charge is 0.0797 e. The van der Waals surface area contributed by atoms with E-state index in [0.717, 1.165) is 31.5 Å². The molecule has 0 bridgehead atoms. The Morgan fingerprint density at radius 1 is 1.35 bits per heavy atom. The Bertz CT molecular complexity index is 409. The molecule has 3 heteroatoms. The monoisotopic (exact) mass is 276 g/mol. The second-order valence-electron chi connectivity index (χ2n) is 6.31. The van der Waals surface area contributed by atoms with Gasteiger partial charge in [-0.3, -0.25) is 0 Å². The molecule has 1 aromatic rings. The molecule has 0 spiro atoms. The lowest BCUT2D eigenvalue weighted by Gasteiger charge is -2.37. The van der Waals surface area contributed by atoms with Crippen molar-refractivity contribution < 1.29 is 5.11 Å². The predicted molar refractivity (Wildman–Crippen MR) is 83.7 cm³/mol. The van der Waals surface area contributed by atoms with Gasteiger partial charge in [0, 0.05) is 13.1 Å². The standard InChI is InChI=1S/C17H28N2O/c1-4-18-17(13-20,16-8-6-5-7-9-16)12-19(3)11-15-10-14(15)2/h5-9,14-15,18,20H,4,10-13H2,1-3H3. The third-order valence-electron chi connectivity index (χ3n) is 4.47. The van der Waals surface area contributed by atoms with Crippen molar-refractivity contribution in [1.29, 1.82) is 0 Å². The lowest BCUT2D eigenvalue weighted by Crippen LogP contribution is -2.53. The molecule has 0 aliphatic heterocycles. The van der Waals surface area contributed by atoms with Gasteiger partial charge < -0.3 is 15.3 Å². The van der Waals surface area contributed by atoms with Gasteiger partial charge in [-0.15, -0.1) is 0 Å². The van der Waals surface area contributed by atoms with Gasteiger partial charge in [-0.05, 0) is 37.4 Å². The van der Waals surface area contributed by atoms with Crippen LogP contribution in [0.4, 0.5) is 0 Å². The van der Waals surface area contributed by atoms with Crippen molar-refractivity contribution in [3.63, 3.8) is 0 Å². The highest BCUT2D eigenvalue weighted by molar-refractivity contribution is 5.25. The normalized spacial score (nSPS) is 24.6. The average molecular weight is 276 g/mol. The fourth-order valence-corrected chi connectivity index (χ4v) is 3.12. The van der Waals surface area contributed by atoms with Gasteiger partial charge in [0.25, 0.3) is 0 Å². The summed E-state index contributed by atoms with van der Waals surface area (Å²) in [6.45, 7) is 7.35. The number of likely N-dealkylation sites (N-methyl/N-ethyl adjacent to an activating group) is 2. The third-order valence-corrected chi connectivity index (χ3v) is 4.47. The Balaban J connectivity index is 2.09. The van der Waals surface area contributed by atoms with Crippen LogP contribution in [0, 0.1) is 11.8 Å². The number of benzene rings is 1. The maximum Gasteiger partial charge on any atom is 0.0797 e. The summed E-state index contributed by atoms with van der Waals surface area (Å²) in [5, 5.41) is 13.5. The third kappa shape index (κ3) is 3.60. The molecule has 2 rings (SSSR count). The van der Waals surface area contributed by atoms with Crippen LogP contribution in [0.2, 0.25) is 0 Å². The summed E-state index contributed by atoms with van der Waals surface area (Å²) in [4.78, 5) is 2.36. The summed E-state index contributed by atoms with van der Waals surface area (Å²) in [7, 11) is 2.16. The molecule has 1 fully saturated rings. The minimum Gasteiger partial charge on any atom is -0.394 e.